The van der Waals surface area contributed by atoms with Crippen molar-refractivity contribution in [3.63, 3.8) is 0 Å². The van der Waals surface area contributed by atoms with Crippen molar-refractivity contribution >= 4 is 16.9 Å². The van der Waals surface area contributed by atoms with E-state index in [2.05, 4.69) is 20.3 Å². The van der Waals surface area contributed by atoms with Gasteiger partial charge in [0.05, 0.1) is 5.39 Å². The van der Waals surface area contributed by atoms with Crippen molar-refractivity contribution in [3.05, 3.63) is 38.2 Å². The van der Waals surface area contributed by atoms with Crippen LogP contribution in [-0.4, -0.2) is 33.4 Å². The first kappa shape index (κ1) is 14.5. The third kappa shape index (κ3) is 2.77. The molecular weight excluding hydrogens is 286 g/mol. The van der Waals surface area contributed by atoms with Crippen LogP contribution in [0.25, 0.3) is 11.0 Å². The second kappa shape index (κ2) is 5.38. The quantitative estimate of drug-likeness (QED) is 0.597. The summed E-state index contributed by atoms with van der Waals surface area (Å²) in [6, 6.07) is 1.47. The van der Waals surface area contributed by atoms with Crippen molar-refractivity contribution in [2.45, 2.75) is 25.8 Å². The average Bonchev–Trinajstić information content (AvgIpc) is 3.27. The minimum Gasteiger partial charge on any atom is -0.349 e. The molecule has 1 aliphatic rings. The van der Waals surface area contributed by atoms with Gasteiger partial charge in [0.1, 0.15) is 11.3 Å². The molecule has 1 atom stereocenters. The fourth-order valence-corrected chi connectivity index (χ4v) is 2.46. The van der Waals surface area contributed by atoms with Crippen LogP contribution in [0, 0.1) is 12.8 Å². The van der Waals surface area contributed by atoms with E-state index in [9.17, 15) is 14.4 Å². The maximum atomic E-state index is 12.2. The van der Waals surface area contributed by atoms with E-state index < -0.39 is 11.2 Å². The molecule has 22 heavy (non-hydrogen) atoms. The maximum absolute atomic E-state index is 12.2. The summed E-state index contributed by atoms with van der Waals surface area (Å²) >= 11 is 0. The Hall–Kier alpha value is -2.48. The predicted molar refractivity (Wildman–Crippen MR) is 80.8 cm³/mol. The van der Waals surface area contributed by atoms with Crippen molar-refractivity contribution in [1.29, 1.82) is 0 Å². The van der Waals surface area contributed by atoms with Gasteiger partial charge in [0, 0.05) is 12.6 Å². The number of hydrogen-bond donors (Lipinski definition) is 4. The number of nitrogens with zero attached hydrogens (tertiary/aromatic N) is 1. The minimum atomic E-state index is -0.655. The van der Waals surface area contributed by atoms with E-state index in [1.54, 1.807) is 6.92 Å². The normalized spacial score (nSPS) is 15.7. The van der Waals surface area contributed by atoms with Crippen molar-refractivity contribution in [2.24, 2.45) is 11.7 Å². The van der Waals surface area contributed by atoms with E-state index in [0.29, 0.717) is 18.0 Å². The number of aryl methyl sites for hydroxylation is 1. The van der Waals surface area contributed by atoms with E-state index in [1.165, 1.54) is 6.07 Å². The van der Waals surface area contributed by atoms with Crippen molar-refractivity contribution in [3.8, 4) is 0 Å². The highest BCUT2D eigenvalue weighted by molar-refractivity contribution is 5.95. The molecule has 0 aromatic carbocycles. The van der Waals surface area contributed by atoms with Crippen molar-refractivity contribution in [1.82, 2.24) is 20.3 Å². The van der Waals surface area contributed by atoms with E-state index in [0.717, 1.165) is 12.8 Å². The average molecular weight is 303 g/mol. The van der Waals surface area contributed by atoms with E-state index >= 15 is 0 Å². The highest BCUT2D eigenvalue weighted by atomic mass is 16.2. The molecule has 5 N–H and O–H groups in total. The van der Waals surface area contributed by atoms with Gasteiger partial charge >= 0.3 is 5.69 Å². The van der Waals surface area contributed by atoms with Gasteiger partial charge in [-0.1, -0.05) is 0 Å². The number of pyridine rings is 1. The molecule has 1 aliphatic carbocycles. The third-order valence-electron chi connectivity index (χ3n) is 3.86. The Labute approximate surface area is 125 Å². The lowest BCUT2D eigenvalue weighted by Gasteiger charge is -2.11. The summed E-state index contributed by atoms with van der Waals surface area (Å²) in [6.07, 6.45) is 2.21. The van der Waals surface area contributed by atoms with Crippen molar-refractivity contribution in [2.75, 3.05) is 6.54 Å². The summed E-state index contributed by atoms with van der Waals surface area (Å²) < 4.78 is 0. The van der Waals surface area contributed by atoms with Crippen LogP contribution in [0.2, 0.25) is 0 Å². The number of amides is 1. The Balaban J connectivity index is 1.88. The van der Waals surface area contributed by atoms with Crippen LogP contribution in [0.4, 0.5) is 0 Å². The monoisotopic (exact) mass is 303 g/mol. The van der Waals surface area contributed by atoms with Crippen LogP contribution in [-0.2, 0) is 0 Å². The number of fused-ring (bicyclic) bond motifs is 1. The van der Waals surface area contributed by atoms with Crippen LogP contribution >= 0.6 is 0 Å². The Morgan fingerprint density at radius 2 is 2.18 bits per heavy atom. The molecule has 2 heterocycles. The molecule has 0 bridgehead atoms. The Kier molecular flexibility index (Phi) is 3.53. The van der Waals surface area contributed by atoms with Crippen LogP contribution < -0.4 is 22.3 Å². The third-order valence-corrected chi connectivity index (χ3v) is 3.86. The maximum Gasteiger partial charge on any atom is 0.327 e. The summed E-state index contributed by atoms with van der Waals surface area (Å²) in [5.74, 6) is 0.115. The Bertz CT molecular complexity index is 850. The molecule has 0 aliphatic heterocycles. The second-order valence-electron chi connectivity index (χ2n) is 5.67. The summed E-state index contributed by atoms with van der Waals surface area (Å²) in [4.78, 5) is 43.9. The first-order chi connectivity index (χ1) is 10.5. The molecule has 3 rings (SSSR count). The molecule has 2 aromatic heterocycles. The Morgan fingerprint density at radius 3 is 2.86 bits per heavy atom. The van der Waals surface area contributed by atoms with Gasteiger partial charge in [-0.2, -0.15) is 0 Å². The number of carbonyl (C=O) groups excluding carboxylic acids is 1. The van der Waals surface area contributed by atoms with E-state index in [4.69, 9.17) is 5.73 Å². The molecule has 1 unspecified atom stereocenters. The molecular formula is C14H17N5O3. The number of hydrogen-bond acceptors (Lipinski definition) is 5. The number of nitrogens with two attached hydrogens (primary N) is 1. The zero-order valence-electron chi connectivity index (χ0n) is 12.1. The number of carbonyl (C=O) groups is 1. The molecule has 2 aromatic rings. The van der Waals surface area contributed by atoms with Gasteiger partial charge in [-0.05, 0) is 37.3 Å². The molecule has 0 radical (unpaired) electrons. The zero-order valence-corrected chi connectivity index (χ0v) is 12.1. The molecule has 1 amide bonds. The summed E-state index contributed by atoms with van der Waals surface area (Å²) in [5, 5.41) is 3.01. The van der Waals surface area contributed by atoms with Crippen LogP contribution in [0.1, 0.15) is 28.9 Å². The zero-order chi connectivity index (χ0) is 15.9. The lowest BCUT2D eigenvalue weighted by molar-refractivity contribution is 0.0945. The number of nitrogens with one attached hydrogen (secondary N) is 3. The largest absolute Gasteiger partial charge is 0.349 e. The summed E-state index contributed by atoms with van der Waals surface area (Å²) in [6.45, 7) is 2.07. The highest BCUT2D eigenvalue weighted by Gasteiger charge is 2.28. The van der Waals surface area contributed by atoms with Gasteiger partial charge in [-0.3, -0.25) is 19.6 Å². The molecule has 0 spiro atoms. The van der Waals surface area contributed by atoms with Gasteiger partial charge in [0.2, 0.25) is 0 Å². The van der Waals surface area contributed by atoms with E-state index in [-0.39, 0.29) is 28.7 Å². The smallest absolute Gasteiger partial charge is 0.327 e. The van der Waals surface area contributed by atoms with Crippen LogP contribution in [0.5, 0.6) is 0 Å². The highest BCUT2D eigenvalue weighted by Crippen LogP contribution is 2.31. The molecule has 1 fully saturated rings. The molecule has 1 saturated carbocycles. The van der Waals surface area contributed by atoms with Gasteiger partial charge in [0.25, 0.3) is 11.5 Å². The summed E-state index contributed by atoms with van der Waals surface area (Å²) in [7, 11) is 0. The number of H-pyrrole nitrogens is 2. The fourth-order valence-electron chi connectivity index (χ4n) is 2.46. The van der Waals surface area contributed by atoms with Gasteiger partial charge in [0.15, 0.2) is 0 Å². The van der Waals surface area contributed by atoms with Gasteiger partial charge in [-0.25, -0.2) is 9.78 Å². The fraction of sp³-hybridized carbons (Fsp3) is 0.429. The second-order valence-corrected chi connectivity index (χ2v) is 5.67. The Morgan fingerprint density at radius 1 is 1.45 bits per heavy atom. The van der Waals surface area contributed by atoms with Gasteiger partial charge in [-0.15, -0.1) is 0 Å². The standard InChI is InChI=1S/C14H17N5O3/c1-6-4-9(12(20)16-5-8(15)7-2-3-7)17-11-10(6)13(21)19-14(22)18-11/h4,7-8H,2-3,5,15H2,1H3,(H,16,20)(H2,17,18,19,21,22). The van der Waals surface area contributed by atoms with E-state index in [1.807, 2.05) is 0 Å². The van der Waals surface area contributed by atoms with Crippen LogP contribution in [0.15, 0.2) is 15.7 Å². The molecule has 8 nitrogen and oxygen atoms in total. The number of aromatic nitrogens is 3. The number of rotatable bonds is 4. The SMILES string of the molecule is Cc1cc(C(=O)NCC(N)C2CC2)nc2[nH]c(=O)[nH]c(=O)c12. The molecule has 0 saturated heterocycles. The molecule has 8 heteroatoms. The molecule has 116 valence electrons. The predicted octanol–water partition coefficient (Wildman–Crippen LogP) is -0.613. The lowest BCUT2D eigenvalue weighted by atomic mass is 10.1. The number of aromatic amines is 2. The first-order valence-electron chi connectivity index (χ1n) is 7.13. The van der Waals surface area contributed by atoms with Crippen molar-refractivity contribution < 1.29 is 4.79 Å². The first-order valence-corrected chi connectivity index (χ1v) is 7.13. The minimum absolute atomic E-state index is 0.0480. The topological polar surface area (TPSA) is 134 Å². The summed E-state index contributed by atoms with van der Waals surface area (Å²) in [5.41, 5.74) is 5.58. The lowest BCUT2D eigenvalue weighted by Crippen LogP contribution is -2.39. The van der Waals surface area contributed by atoms with Gasteiger partial charge < -0.3 is 11.1 Å². The van der Waals surface area contributed by atoms with Crippen LogP contribution in [0.3, 0.4) is 0 Å².